The Morgan fingerprint density at radius 2 is 1.87 bits per heavy atom. The second-order valence-corrected chi connectivity index (χ2v) is 4.73. The van der Waals surface area contributed by atoms with Crippen molar-refractivity contribution in [1.82, 2.24) is 15.2 Å². The van der Waals surface area contributed by atoms with Crippen LogP contribution < -0.4 is 5.43 Å². The van der Waals surface area contributed by atoms with Gasteiger partial charge in [0, 0.05) is 11.8 Å². The van der Waals surface area contributed by atoms with Crippen LogP contribution in [0, 0.1) is 5.82 Å². The highest BCUT2D eigenvalue weighted by Gasteiger charge is 2.09. The van der Waals surface area contributed by atoms with Crippen LogP contribution in [0.4, 0.5) is 4.39 Å². The number of nitrogens with one attached hydrogen (secondary N) is 1. The van der Waals surface area contributed by atoms with Crippen molar-refractivity contribution in [3.8, 4) is 5.69 Å². The highest BCUT2D eigenvalue weighted by Crippen LogP contribution is 2.07. The number of carbonyl (C=O) groups is 1. The molecule has 6 heteroatoms. The van der Waals surface area contributed by atoms with Crippen LogP contribution in [0.25, 0.3) is 5.69 Å². The van der Waals surface area contributed by atoms with E-state index < -0.39 is 11.7 Å². The SMILES string of the molecule is O=C(N/N=C\c1cnn(-c2ccccc2)c1)c1ccccc1F. The van der Waals surface area contributed by atoms with Crippen molar-refractivity contribution < 1.29 is 9.18 Å². The van der Waals surface area contributed by atoms with Gasteiger partial charge in [-0.25, -0.2) is 14.5 Å². The number of hydrogen-bond acceptors (Lipinski definition) is 3. The van der Waals surface area contributed by atoms with Crippen LogP contribution in [0.15, 0.2) is 72.1 Å². The standard InChI is InChI=1S/C17H13FN4O/c18-16-9-5-4-8-15(16)17(23)21-19-10-13-11-20-22(12-13)14-6-2-1-3-7-14/h1-12H,(H,21,23)/b19-10-. The summed E-state index contributed by atoms with van der Waals surface area (Å²) in [6.07, 6.45) is 4.84. The predicted molar refractivity (Wildman–Crippen MR) is 85.0 cm³/mol. The molecule has 3 aromatic rings. The van der Waals surface area contributed by atoms with Crippen LogP contribution in [-0.2, 0) is 0 Å². The molecule has 0 radical (unpaired) electrons. The molecule has 2 aromatic carbocycles. The summed E-state index contributed by atoms with van der Waals surface area (Å²) in [6.45, 7) is 0. The lowest BCUT2D eigenvalue weighted by molar-refractivity contribution is 0.0951. The summed E-state index contributed by atoms with van der Waals surface area (Å²) >= 11 is 0. The largest absolute Gasteiger partial charge is 0.274 e. The number of rotatable bonds is 4. The zero-order chi connectivity index (χ0) is 16.1. The normalized spacial score (nSPS) is 10.8. The van der Waals surface area contributed by atoms with Crippen molar-refractivity contribution in [2.75, 3.05) is 0 Å². The molecule has 0 atom stereocenters. The van der Waals surface area contributed by atoms with Crippen molar-refractivity contribution >= 4 is 12.1 Å². The van der Waals surface area contributed by atoms with Crippen LogP contribution in [0.5, 0.6) is 0 Å². The summed E-state index contributed by atoms with van der Waals surface area (Å²) in [5, 5.41) is 8.03. The van der Waals surface area contributed by atoms with Gasteiger partial charge in [0.25, 0.3) is 5.91 Å². The third-order valence-electron chi connectivity index (χ3n) is 3.12. The fraction of sp³-hybridized carbons (Fsp3) is 0. The molecule has 0 bridgehead atoms. The van der Waals surface area contributed by atoms with Gasteiger partial charge in [-0.3, -0.25) is 4.79 Å². The Balaban J connectivity index is 1.66. The van der Waals surface area contributed by atoms with Crippen molar-refractivity contribution in [2.45, 2.75) is 0 Å². The lowest BCUT2D eigenvalue weighted by atomic mass is 10.2. The lowest BCUT2D eigenvalue weighted by Gasteiger charge is -2.00. The number of para-hydroxylation sites is 1. The number of amides is 1. The number of halogens is 1. The average molecular weight is 308 g/mol. The van der Waals surface area contributed by atoms with Crippen LogP contribution in [0.1, 0.15) is 15.9 Å². The molecule has 1 heterocycles. The minimum absolute atomic E-state index is 0.0513. The van der Waals surface area contributed by atoms with Gasteiger partial charge in [0.1, 0.15) is 5.82 Å². The van der Waals surface area contributed by atoms with Gasteiger partial charge in [0.05, 0.1) is 23.7 Å². The maximum Gasteiger partial charge on any atom is 0.274 e. The maximum atomic E-state index is 13.5. The molecule has 0 aliphatic carbocycles. The Kier molecular flexibility index (Phi) is 4.24. The Morgan fingerprint density at radius 3 is 2.65 bits per heavy atom. The lowest BCUT2D eigenvalue weighted by Crippen LogP contribution is -2.18. The van der Waals surface area contributed by atoms with Crippen LogP contribution in [0.3, 0.4) is 0 Å². The highest BCUT2D eigenvalue weighted by molar-refractivity contribution is 5.95. The van der Waals surface area contributed by atoms with Gasteiger partial charge in [-0.05, 0) is 24.3 Å². The molecule has 5 nitrogen and oxygen atoms in total. The van der Waals surface area contributed by atoms with Crippen LogP contribution in [0.2, 0.25) is 0 Å². The molecule has 1 amide bonds. The molecule has 1 aromatic heterocycles. The summed E-state index contributed by atoms with van der Waals surface area (Å²) in [7, 11) is 0. The summed E-state index contributed by atoms with van der Waals surface area (Å²) in [4.78, 5) is 11.8. The summed E-state index contributed by atoms with van der Waals surface area (Å²) in [5.74, 6) is -1.19. The first-order valence-corrected chi connectivity index (χ1v) is 6.92. The van der Waals surface area contributed by atoms with E-state index in [1.54, 1.807) is 23.1 Å². The molecule has 23 heavy (non-hydrogen) atoms. The van der Waals surface area contributed by atoms with E-state index in [-0.39, 0.29) is 5.56 Å². The molecule has 0 unspecified atom stereocenters. The van der Waals surface area contributed by atoms with Gasteiger partial charge in [-0.15, -0.1) is 0 Å². The second kappa shape index (κ2) is 6.65. The molecule has 0 fully saturated rings. The van der Waals surface area contributed by atoms with Crippen molar-refractivity contribution in [2.24, 2.45) is 5.10 Å². The second-order valence-electron chi connectivity index (χ2n) is 4.73. The van der Waals surface area contributed by atoms with Crippen molar-refractivity contribution in [3.63, 3.8) is 0 Å². The van der Waals surface area contributed by atoms with Gasteiger partial charge in [-0.1, -0.05) is 30.3 Å². The fourth-order valence-electron chi connectivity index (χ4n) is 2.00. The van der Waals surface area contributed by atoms with E-state index in [1.165, 1.54) is 24.4 Å². The van der Waals surface area contributed by atoms with E-state index in [1.807, 2.05) is 30.3 Å². The predicted octanol–water partition coefficient (Wildman–Crippen LogP) is 2.78. The number of aromatic nitrogens is 2. The number of benzene rings is 2. The van der Waals surface area contributed by atoms with E-state index in [0.29, 0.717) is 5.56 Å². The molecule has 0 saturated carbocycles. The molecule has 3 rings (SSSR count). The summed E-state index contributed by atoms with van der Waals surface area (Å²) in [6, 6.07) is 15.3. The zero-order valence-electron chi connectivity index (χ0n) is 12.1. The van der Waals surface area contributed by atoms with E-state index in [2.05, 4.69) is 15.6 Å². The Labute approximate surface area is 132 Å². The monoisotopic (exact) mass is 308 g/mol. The first-order valence-electron chi connectivity index (χ1n) is 6.92. The van der Waals surface area contributed by atoms with Gasteiger partial charge in [-0.2, -0.15) is 10.2 Å². The maximum absolute atomic E-state index is 13.5. The molecule has 114 valence electrons. The van der Waals surface area contributed by atoms with Gasteiger partial charge >= 0.3 is 0 Å². The Bertz CT molecular complexity index is 843. The highest BCUT2D eigenvalue weighted by atomic mass is 19.1. The summed E-state index contributed by atoms with van der Waals surface area (Å²) in [5.41, 5.74) is 3.87. The van der Waals surface area contributed by atoms with Gasteiger partial charge < -0.3 is 0 Å². The van der Waals surface area contributed by atoms with Crippen molar-refractivity contribution in [3.05, 3.63) is 83.9 Å². The molecule has 0 aliphatic heterocycles. The van der Waals surface area contributed by atoms with Gasteiger partial charge in [0.15, 0.2) is 0 Å². The number of hydrogen-bond donors (Lipinski definition) is 1. The minimum atomic E-state index is -0.602. The smallest absolute Gasteiger partial charge is 0.267 e. The van der Waals surface area contributed by atoms with E-state index in [0.717, 1.165) is 5.69 Å². The number of nitrogens with zero attached hydrogens (tertiary/aromatic N) is 3. The minimum Gasteiger partial charge on any atom is -0.267 e. The third-order valence-corrected chi connectivity index (χ3v) is 3.12. The zero-order valence-corrected chi connectivity index (χ0v) is 12.1. The average Bonchev–Trinajstić information content (AvgIpc) is 3.05. The first-order chi connectivity index (χ1) is 11.2. The molecule has 0 aliphatic rings. The molecule has 0 saturated heterocycles. The molecule has 0 spiro atoms. The number of carbonyl (C=O) groups excluding carboxylic acids is 1. The van der Waals surface area contributed by atoms with E-state index in [4.69, 9.17) is 0 Å². The Hall–Kier alpha value is -3.28. The Morgan fingerprint density at radius 1 is 1.13 bits per heavy atom. The molecular weight excluding hydrogens is 295 g/mol. The first kappa shape index (κ1) is 14.6. The molecule has 1 N–H and O–H groups in total. The topological polar surface area (TPSA) is 59.3 Å². The number of hydrazone groups is 1. The van der Waals surface area contributed by atoms with Crippen molar-refractivity contribution in [1.29, 1.82) is 0 Å². The van der Waals surface area contributed by atoms with Crippen LogP contribution >= 0.6 is 0 Å². The van der Waals surface area contributed by atoms with E-state index in [9.17, 15) is 9.18 Å². The third kappa shape index (κ3) is 3.49. The quantitative estimate of drug-likeness (QED) is 0.595. The summed E-state index contributed by atoms with van der Waals surface area (Å²) < 4.78 is 15.1. The van der Waals surface area contributed by atoms with E-state index >= 15 is 0 Å². The van der Waals surface area contributed by atoms with Crippen LogP contribution in [-0.4, -0.2) is 21.9 Å². The molecular formula is C17H13FN4O. The van der Waals surface area contributed by atoms with Gasteiger partial charge in [0.2, 0.25) is 0 Å². The fourth-order valence-corrected chi connectivity index (χ4v) is 2.00.